The zero-order chi connectivity index (χ0) is 14.4. The molecule has 1 heterocycles. The monoisotopic (exact) mass is 285 g/mol. The number of ether oxygens (including phenoxy) is 1. The van der Waals surface area contributed by atoms with Crippen LogP contribution < -0.4 is 5.32 Å². The molecule has 0 fully saturated rings. The Balaban J connectivity index is 2.72. The van der Waals surface area contributed by atoms with Gasteiger partial charge in [0.1, 0.15) is 5.69 Å². The molecule has 0 spiro atoms. The average Bonchev–Trinajstić information content (AvgIpc) is 2.87. The lowest BCUT2D eigenvalue weighted by Crippen LogP contribution is -2.37. The number of nitrogens with zero attached hydrogens (tertiary/aromatic N) is 2. The Bertz CT molecular complexity index is 486. The summed E-state index contributed by atoms with van der Waals surface area (Å²) >= 11 is 1.03. The number of carbonyl (C=O) groups is 3. The number of esters is 1. The van der Waals surface area contributed by atoms with E-state index in [-0.39, 0.29) is 29.8 Å². The van der Waals surface area contributed by atoms with Crippen LogP contribution in [0.4, 0.5) is 0 Å². The van der Waals surface area contributed by atoms with Gasteiger partial charge in [-0.2, -0.15) is 0 Å². The van der Waals surface area contributed by atoms with Gasteiger partial charge in [-0.05, 0) is 6.92 Å². The molecule has 1 aromatic rings. The molecule has 0 saturated heterocycles. The van der Waals surface area contributed by atoms with Gasteiger partial charge < -0.3 is 15.0 Å². The van der Waals surface area contributed by atoms with Crippen molar-refractivity contribution in [3.63, 3.8) is 0 Å². The third kappa shape index (κ3) is 4.02. The summed E-state index contributed by atoms with van der Waals surface area (Å²) in [6.45, 7) is 1.87. The Labute approximate surface area is 114 Å². The van der Waals surface area contributed by atoms with Gasteiger partial charge in [-0.1, -0.05) is 0 Å². The summed E-state index contributed by atoms with van der Waals surface area (Å²) in [6, 6.07) is 0. The molecule has 1 N–H and O–H groups in total. The summed E-state index contributed by atoms with van der Waals surface area (Å²) in [5.41, 5.74) is 0.124. The third-order valence-electron chi connectivity index (χ3n) is 2.18. The maximum atomic E-state index is 11.9. The first-order valence-corrected chi connectivity index (χ1v) is 6.46. The molecule has 7 nitrogen and oxygen atoms in total. The minimum atomic E-state index is -0.555. The highest BCUT2D eigenvalue weighted by Crippen LogP contribution is 2.12. The molecule has 2 amide bonds. The molecular formula is C11H15N3O4S. The predicted molar refractivity (Wildman–Crippen MR) is 69.1 cm³/mol. The molecule has 0 unspecified atom stereocenters. The van der Waals surface area contributed by atoms with Gasteiger partial charge in [0, 0.05) is 19.5 Å². The van der Waals surface area contributed by atoms with Gasteiger partial charge in [0.05, 0.1) is 13.2 Å². The van der Waals surface area contributed by atoms with Crippen LogP contribution in [0, 0.1) is 0 Å². The fourth-order valence-electron chi connectivity index (χ4n) is 1.22. The maximum Gasteiger partial charge on any atom is 0.367 e. The van der Waals surface area contributed by atoms with Crippen molar-refractivity contribution in [1.82, 2.24) is 15.2 Å². The molecule has 0 saturated carbocycles. The predicted octanol–water partition coefficient (Wildman–Crippen LogP) is 0.138. The van der Waals surface area contributed by atoms with Gasteiger partial charge in [0.25, 0.3) is 5.91 Å². The molecule has 0 aromatic carbocycles. The Morgan fingerprint density at radius 3 is 2.74 bits per heavy atom. The minimum Gasteiger partial charge on any atom is -0.461 e. The van der Waals surface area contributed by atoms with E-state index in [4.69, 9.17) is 4.74 Å². The molecule has 1 rings (SSSR count). The van der Waals surface area contributed by atoms with Crippen molar-refractivity contribution in [3.05, 3.63) is 16.1 Å². The van der Waals surface area contributed by atoms with E-state index >= 15 is 0 Å². The molecule has 0 bridgehead atoms. The first-order valence-electron chi connectivity index (χ1n) is 5.58. The molecule has 0 aliphatic rings. The van der Waals surface area contributed by atoms with Crippen LogP contribution in [0.3, 0.4) is 0 Å². The highest BCUT2D eigenvalue weighted by atomic mass is 32.1. The lowest BCUT2D eigenvalue weighted by atomic mass is 10.4. The Morgan fingerprint density at radius 1 is 1.47 bits per heavy atom. The Morgan fingerprint density at radius 2 is 2.16 bits per heavy atom. The van der Waals surface area contributed by atoms with Gasteiger partial charge in [0.2, 0.25) is 10.9 Å². The summed E-state index contributed by atoms with van der Waals surface area (Å²) in [5.74, 6) is -1.26. The maximum absolute atomic E-state index is 11.9. The van der Waals surface area contributed by atoms with Crippen molar-refractivity contribution < 1.29 is 19.1 Å². The van der Waals surface area contributed by atoms with Crippen molar-refractivity contribution in [3.8, 4) is 0 Å². The fraction of sp³-hybridized carbons (Fsp3) is 0.455. The fourth-order valence-corrected chi connectivity index (χ4v) is 1.90. The topological polar surface area (TPSA) is 88.6 Å². The molecular weight excluding hydrogens is 270 g/mol. The molecule has 0 aliphatic carbocycles. The van der Waals surface area contributed by atoms with Crippen LogP contribution in [0.1, 0.15) is 27.2 Å². The van der Waals surface area contributed by atoms with Gasteiger partial charge in [-0.25, -0.2) is 9.78 Å². The third-order valence-corrected chi connectivity index (χ3v) is 3.00. The van der Waals surface area contributed by atoms with Gasteiger partial charge in [-0.3, -0.25) is 9.59 Å². The number of aromatic nitrogens is 1. The summed E-state index contributed by atoms with van der Waals surface area (Å²) in [6.07, 6.45) is 0. The molecule has 0 aliphatic heterocycles. The lowest BCUT2D eigenvalue weighted by molar-refractivity contribution is -0.121. The highest BCUT2D eigenvalue weighted by Gasteiger charge is 2.20. The first-order chi connectivity index (χ1) is 8.99. The zero-order valence-electron chi connectivity index (χ0n) is 10.9. The molecule has 104 valence electrons. The number of carbonyl (C=O) groups excluding carboxylic acids is 3. The van der Waals surface area contributed by atoms with E-state index in [9.17, 15) is 14.4 Å². The highest BCUT2D eigenvalue weighted by molar-refractivity contribution is 7.11. The normalized spacial score (nSPS) is 9.84. The van der Waals surface area contributed by atoms with Crippen molar-refractivity contribution in [2.24, 2.45) is 0 Å². The van der Waals surface area contributed by atoms with E-state index < -0.39 is 11.9 Å². The molecule has 0 atom stereocenters. The second kappa shape index (κ2) is 6.83. The molecule has 1 aromatic heterocycles. The average molecular weight is 285 g/mol. The molecule has 8 heteroatoms. The number of thiazole rings is 1. The lowest BCUT2D eigenvalue weighted by Gasteiger charge is -2.14. The molecule has 0 radical (unpaired) electrons. The van der Waals surface area contributed by atoms with E-state index in [0.29, 0.717) is 0 Å². The van der Waals surface area contributed by atoms with E-state index in [0.717, 1.165) is 11.3 Å². The van der Waals surface area contributed by atoms with E-state index in [1.165, 1.54) is 24.4 Å². The number of hydrogen-bond donors (Lipinski definition) is 1. The first kappa shape index (κ1) is 15.1. The van der Waals surface area contributed by atoms with Crippen LogP contribution >= 0.6 is 11.3 Å². The summed E-state index contributed by atoms with van der Waals surface area (Å²) in [7, 11) is 2.98. The molecule has 19 heavy (non-hydrogen) atoms. The van der Waals surface area contributed by atoms with Gasteiger partial charge >= 0.3 is 5.97 Å². The second-order valence-corrected chi connectivity index (χ2v) is 4.45. The minimum absolute atomic E-state index is 0.0679. The van der Waals surface area contributed by atoms with E-state index in [1.54, 1.807) is 6.92 Å². The quantitative estimate of drug-likeness (QED) is 0.777. The second-order valence-electron chi connectivity index (χ2n) is 3.59. The van der Waals surface area contributed by atoms with Crippen molar-refractivity contribution in [2.45, 2.75) is 6.92 Å². The summed E-state index contributed by atoms with van der Waals surface area (Å²) in [4.78, 5) is 39.6. The van der Waals surface area contributed by atoms with E-state index in [2.05, 4.69) is 10.3 Å². The van der Waals surface area contributed by atoms with Crippen LogP contribution in [0.2, 0.25) is 0 Å². The van der Waals surface area contributed by atoms with Crippen molar-refractivity contribution in [2.75, 3.05) is 27.2 Å². The van der Waals surface area contributed by atoms with Crippen LogP contribution in [0.25, 0.3) is 0 Å². The standard InChI is InChI=1S/C11H15N3O4S/c1-4-18-11(17)9-13-7(6-19-9)10(16)14(3)5-8(15)12-2/h6H,4-5H2,1-3H3,(H,12,15). The van der Waals surface area contributed by atoms with Crippen LogP contribution in [0.15, 0.2) is 5.38 Å². The summed E-state index contributed by atoms with van der Waals surface area (Å²) in [5, 5.41) is 4.01. The van der Waals surface area contributed by atoms with Gasteiger partial charge in [0.15, 0.2) is 0 Å². The number of nitrogens with one attached hydrogen (secondary N) is 1. The summed E-state index contributed by atoms with van der Waals surface area (Å²) < 4.78 is 4.78. The van der Waals surface area contributed by atoms with Crippen LogP contribution in [-0.2, 0) is 9.53 Å². The Hall–Kier alpha value is -1.96. The largest absolute Gasteiger partial charge is 0.461 e. The van der Waals surface area contributed by atoms with Crippen molar-refractivity contribution >= 4 is 29.1 Å². The number of hydrogen-bond acceptors (Lipinski definition) is 6. The van der Waals surface area contributed by atoms with Crippen LogP contribution in [-0.4, -0.2) is 54.9 Å². The number of likely N-dealkylation sites (N-methyl/N-ethyl adjacent to an activating group) is 2. The number of amides is 2. The SMILES string of the molecule is CCOC(=O)c1nc(C(=O)N(C)CC(=O)NC)cs1. The van der Waals surface area contributed by atoms with E-state index in [1.807, 2.05) is 0 Å². The van der Waals surface area contributed by atoms with Crippen molar-refractivity contribution in [1.29, 1.82) is 0 Å². The smallest absolute Gasteiger partial charge is 0.367 e. The number of rotatable bonds is 5. The van der Waals surface area contributed by atoms with Gasteiger partial charge in [-0.15, -0.1) is 11.3 Å². The Kier molecular flexibility index (Phi) is 5.43. The van der Waals surface area contributed by atoms with Crippen LogP contribution in [0.5, 0.6) is 0 Å². The zero-order valence-corrected chi connectivity index (χ0v) is 11.7.